The van der Waals surface area contributed by atoms with Gasteiger partial charge in [-0.15, -0.1) is 0 Å². The highest BCUT2D eigenvalue weighted by molar-refractivity contribution is 6.05. The fourth-order valence-corrected chi connectivity index (χ4v) is 8.70. The maximum Gasteiger partial charge on any atom is 0.235 e. The van der Waals surface area contributed by atoms with Gasteiger partial charge in [0.2, 0.25) is 11.8 Å². The molecule has 1 spiro atoms. The summed E-state index contributed by atoms with van der Waals surface area (Å²) in [5.41, 5.74) is 15.8. The average molecular weight is 659 g/mol. The van der Waals surface area contributed by atoms with Crippen molar-refractivity contribution in [3.8, 4) is 44.5 Å². The average Bonchev–Trinajstić information content (AvgIpc) is 4.02. The molecule has 51 heavy (non-hydrogen) atoms. The lowest BCUT2D eigenvalue weighted by Crippen LogP contribution is -2.26. The lowest BCUT2D eigenvalue weighted by atomic mass is 9.69. The molecular formula is C45H30N4O2. The molecule has 0 radical (unpaired) electrons. The van der Waals surface area contributed by atoms with E-state index < -0.39 is 5.41 Å². The van der Waals surface area contributed by atoms with E-state index in [-0.39, 0.29) is 0 Å². The predicted molar refractivity (Wildman–Crippen MR) is 201 cm³/mol. The standard InChI is InChI=1S/C45H30N4O2/c1-3-7-37-33(5-1)34-6-2-4-8-38(34)45(37)39-24-28(31-13-18-41(49-26-31)44-47-20-22-51-44)10-15-35(39)36-16-11-29-23-27(9-14-32(29)42(36)45)30-12-17-40(48-25-30)43-46-19-21-50-43/h1-18,23-26H,19-22H2. The van der Waals surface area contributed by atoms with E-state index in [0.29, 0.717) is 38.1 Å². The molecule has 6 heteroatoms. The fraction of sp³-hybridized carbons (Fsp3) is 0.111. The number of nitrogens with zero attached hydrogens (tertiary/aromatic N) is 4. The monoisotopic (exact) mass is 658 g/mol. The maximum atomic E-state index is 5.68. The maximum absolute atomic E-state index is 5.68. The molecule has 0 atom stereocenters. The van der Waals surface area contributed by atoms with Crippen LogP contribution in [0.15, 0.2) is 144 Å². The predicted octanol–water partition coefficient (Wildman–Crippen LogP) is 8.86. The van der Waals surface area contributed by atoms with Gasteiger partial charge >= 0.3 is 0 Å². The first-order chi connectivity index (χ1) is 25.3. The number of pyridine rings is 2. The molecule has 0 unspecified atom stereocenters. The van der Waals surface area contributed by atoms with Gasteiger partial charge in [-0.05, 0) is 90.7 Å². The molecule has 5 aromatic carbocycles. The number of ether oxygens (including phenoxy) is 2. The number of hydrogen-bond acceptors (Lipinski definition) is 6. The molecule has 2 aliphatic carbocycles. The largest absolute Gasteiger partial charge is 0.474 e. The summed E-state index contributed by atoms with van der Waals surface area (Å²) in [4.78, 5) is 18.3. The van der Waals surface area contributed by atoms with Gasteiger partial charge in [0.1, 0.15) is 24.6 Å². The normalized spacial score (nSPS) is 15.8. The molecule has 4 heterocycles. The second-order valence-electron chi connectivity index (χ2n) is 13.5. The zero-order valence-electron chi connectivity index (χ0n) is 27.6. The summed E-state index contributed by atoms with van der Waals surface area (Å²) in [6, 6.07) is 44.6. The SMILES string of the molecule is c1ccc2c(c1)-c1ccccc1C21c2cc(-c3ccc(C4=NCCO4)nc3)ccc2-c2ccc3cc(-c4ccc(C5=NCCO5)nc4)ccc3c21. The van der Waals surface area contributed by atoms with Gasteiger partial charge in [-0.2, -0.15) is 0 Å². The van der Waals surface area contributed by atoms with Crippen molar-refractivity contribution in [3.05, 3.63) is 167 Å². The van der Waals surface area contributed by atoms with Crippen molar-refractivity contribution in [2.45, 2.75) is 5.41 Å². The molecule has 7 aromatic rings. The van der Waals surface area contributed by atoms with Crippen LogP contribution in [0.3, 0.4) is 0 Å². The van der Waals surface area contributed by atoms with Crippen molar-refractivity contribution in [1.82, 2.24) is 9.97 Å². The van der Waals surface area contributed by atoms with E-state index in [4.69, 9.17) is 19.4 Å². The van der Waals surface area contributed by atoms with E-state index in [1.165, 1.54) is 55.3 Å². The molecule has 0 N–H and O–H groups in total. The van der Waals surface area contributed by atoms with Crippen LogP contribution in [0.25, 0.3) is 55.3 Å². The van der Waals surface area contributed by atoms with Crippen LogP contribution in [-0.4, -0.2) is 48.1 Å². The fourth-order valence-electron chi connectivity index (χ4n) is 8.70. The van der Waals surface area contributed by atoms with E-state index >= 15 is 0 Å². The number of rotatable bonds is 4. The van der Waals surface area contributed by atoms with Gasteiger partial charge in [0.15, 0.2) is 0 Å². The van der Waals surface area contributed by atoms with Crippen molar-refractivity contribution in [3.63, 3.8) is 0 Å². The van der Waals surface area contributed by atoms with Crippen LogP contribution < -0.4 is 0 Å². The minimum absolute atomic E-state index is 0.486. The van der Waals surface area contributed by atoms with Crippen LogP contribution in [-0.2, 0) is 14.9 Å². The van der Waals surface area contributed by atoms with Crippen LogP contribution in [0.2, 0.25) is 0 Å². The summed E-state index contributed by atoms with van der Waals surface area (Å²) in [5.74, 6) is 1.25. The third-order valence-electron chi connectivity index (χ3n) is 10.9. The summed E-state index contributed by atoms with van der Waals surface area (Å²) >= 11 is 0. The third kappa shape index (κ3) is 4.04. The van der Waals surface area contributed by atoms with Crippen LogP contribution in [0.5, 0.6) is 0 Å². The lowest BCUT2D eigenvalue weighted by molar-refractivity contribution is 0.347. The van der Waals surface area contributed by atoms with Crippen molar-refractivity contribution in [1.29, 1.82) is 0 Å². The Bertz CT molecular complexity index is 2590. The quantitative estimate of drug-likeness (QED) is 0.190. The summed E-state index contributed by atoms with van der Waals surface area (Å²) < 4.78 is 11.3. The van der Waals surface area contributed by atoms with Crippen molar-refractivity contribution >= 4 is 22.6 Å². The lowest BCUT2D eigenvalue weighted by Gasteiger charge is -2.31. The molecule has 0 saturated heterocycles. The van der Waals surface area contributed by atoms with Crippen LogP contribution in [0.4, 0.5) is 0 Å². The van der Waals surface area contributed by atoms with Crippen molar-refractivity contribution in [2.75, 3.05) is 26.3 Å². The van der Waals surface area contributed by atoms with Crippen LogP contribution in [0, 0.1) is 0 Å². The Morgan fingerprint density at radius 2 is 1.02 bits per heavy atom. The minimum Gasteiger partial charge on any atom is -0.474 e. The van der Waals surface area contributed by atoms with E-state index in [1.807, 2.05) is 24.5 Å². The number of aromatic nitrogens is 2. The molecule has 2 aromatic heterocycles. The van der Waals surface area contributed by atoms with Gasteiger partial charge in [-0.25, -0.2) is 9.98 Å². The Hall–Kier alpha value is -6.40. The molecule has 0 fully saturated rings. The van der Waals surface area contributed by atoms with Gasteiger partial charge in [-0.1, -0.05) is 97.1 Å². The van der Waals surface area contributed by atoms with Crippen molar-refractivity contribution < 1.29 is 9.47 Å². The van der Waals surface area contributed by atoms with Crippen molar-refractivity contribution in [2.24, 2.45) is 9.98 Å². The number of fused-ring (bicyclic) bond motifs is 12. The third-order valence-corrected chi connectivity index (χ3v) is 10.9. The van der Waals surface area contributed by atoms with Gasteiger partial charge < -0.3 is 9.47 Å². The molecule has 0 amide bonds. The molecule has 2 aliphatic heterocycles. The Morgan fingerprint density at radius 3 is 1.61 bits per heavy atom. The minimum atomic E-state index is -0.486. The van der Waals surface area contributed by atoms with E-state index in [9.17, 15) is 0 Å². The molecule has 6 nitrogen and oxygen atoms in total. The molecule has 4 aliphatic rings. The molecule has 0 saturated carbocycles. The van der Waals surface area contributed by atoms with E-state index in [1.54, 1.807) is 0 Å². The van der Waals surface area contributed by atoms with Gasteiger partial charge in [0, 0.05) is 23.5 Å². The number of benzene rings is 5. The Balaban J connectivity index is 1.11. The summed E-state index contributed by atoms with van der Waals surface area (Å²) in [6.45, 7) is 2.60. The first kappa shape index (κ1) is 28.4. The Labute approximate surface area is 294 Å². The zero-order valence-corrected chi connectivity index (χ0v) is 27.6. The smallest absolute Gasteiger partial charge is 0.235 e. The van der Waals surface area contributed by atoms with Crippen LogP contribution in [0.1, 0.15) is 33.6 Å². The summed E-state index contributed by atoms with van der Waals surface area (Å²) in [5, 5.41) is 2.45. The number of aliphatic imine (C=N–C) groups is 2. The second kappa shape index (κ2) is 10.8. The first-order valence-corrected chi connectivity index (χ1v) is 17.5. The highest BCUT2D eigenvalue weighted by atomic mass is 16.5. The first-order valence-electron chi connectivity index (χ1n) is 17.5. The molecule has 242 valence electrons. The highest BCUT2D eigenvalue weighted by Gasteiger charge is 2.52. The van der Waals surface area contributed by atoms with Gasteiger partial charge in [0.25, 0.3) is 0 Å². The molecular weight excluding hydrogens is 629 g/mol. The highest BCUT2D eigenvalue weighted by Crippen LogP contribution is 2.64. The van der Waals surface area contributed by atoms with Gasteiger partial charge in [0.05, 0.1) is 18.5 Å². The van der Waals surface area contributed by atoms with E-state index in [0.717, 1.165) is 33.6 Å². The number of hydrogen-bond donors (Lipinski definition) is 0. The topological polar surface area (TPSA) is 69.0 Å². The second-order valence-corrected chi connectivity index (χ2v) is 13.5. The zero-order chi connectivity index (χ0) is 33.5. The Kier molecular flexibility index (Phi) is 6.02. The Morgan fingerprint density at radius 1 is 0.471 bits per heavy atom. The van der Waals surface area contributed by atoms with E-state index in [2.05, 4.69) is 119 Å². The van der Waals surface area contributed by atoms with Gasteiger partial charge in [-0.3, -0.25) is 9.97 Å². The molecule has 11 rings (SSSR count). The molecule has 0 bridgehead atoms. The summed E-state index contributed by atoms with van der Waals surface area (Å²) in [7, 11) is 0. The van der Waals surface area contributed by atoms with Crippen LogP contribution >= 0.6 is 0 Å². The summed E-state index contributed by atoms with van der Waals surface area (Å²) in [6.07, 6.45) is 3.87.